The van der Waals surface area contributed by atoms with Gasteiger partial charge in [-0.25, -0.2) is 0 Å². The highest BCUT2D eigenvalue weighted by Gasteiger charge is 2.24. The predicted molar refractivity (Wildman–Crippen MR) is 46.4 cm³/mol. The van der Waals surface area contributed by atoms with Crippen LogP contribution in [0, 0.1) is 0 Å². The molecule has 11 heavy (non-hydrogen) atoms. The summed E-state index contributed by atoms with van der Waals surface area (Å²) in [6.45, 7) is 5.31. The molecule has 2 nitrogen and oxygen atoms in total. The zero-order valence-corrected chi connectivity index (χ0v) is 7.61. The maximum atomic E-state index is 5.45. The van der Waals surface area contributed by atoms with Crippen molar-refractivity contribution in [3.8, 4) is 0 Å². The monoisotopic (exact) mass is 155 g/mol. The van der Waals surface area contributed by atoms with Gasteiger partial charge in [-0.3, -0.25) is 0 Å². The summed E-state index contributed by atoms with van der Waals surface area (Å²) in [6, 6.07) is 0. The van der Waals surface area contributed by atoms with Gasteiger partial charge in [0.15, 0.2) is 0 Å². The van der Waals surface area contributed by atoms with Crippen LogP contribution in [0.1, 0.15) is 26.7 Å². The van der Waals surface area contributed by atoms with E-state index in [9.17, 15) is 0 Å². The zero-order chi connectivity index (χ0) is 8.32. The zero-order valence-electron chi connectivity index (χ0n) is 7.61. The molecule has 1 N–H and O–H groups in total. The molecule has 0 saturated carbocycles. The maximum absolute atomic E-state index is 5.45. The molecule has 0 aromatic rings. The molecule has 1 rings (SSSR count). The molecule has 1 aliphatic rings. The van der Waals surface area contributed by atoms with Gasteiger partial charge in [0.05, 0.1) is 5.60 Å². The molecule has 0 bridgehead atoms. The number of rotatable bonds is 1. The second-order valence-electron chi connectivity index (χ2n) is 3.53. The third-order valence-corrected chi connectivity index (χ3v) is 2.29. The molecule has 0 spiro atoms. The van der Waals surface area contributed by atoms with E-state index in [4.69, 9.17) is 4.74 Å². The van der Waals surface area contributed by atoms with Gasteiger partial charge in [-0.1, -0.05) is 5.57 Å². The Bertz CT molecular complexity index is 165. The highest BCUT2D eigenvalue weighted by molar-refractivity contribution is 5.04. The molecule has 1 aliphatic heterocycles. The van der Waals surface area contributed by atoms with Crippen molar-refractivity contribution in [2.45, 2.75) is 32.3 Å². The first-order chi connectivity index (χ1) is 5.16. The van der Waals surface area contributed by atoms with Crippen molar-refractivity contribution in [2.24, 2.45) is 0 Å². The van der Waals surface area contributed by atoms with E-state index in [0.29, 0.717) is 0 Å². The minimum absolute atomic E-state index is 0.0457. The lowest BCUT2D eigenvalue weighted by molar-refractivity contribution is 0.00213. The summed E-state index contributed by atoms with van der Waals surface area (Å²) in [5.74, 6) is 0. The molecule has 1 unspecified atom stereocenters. The van der Waals surface area contributed by atoms with Crippen LogP contribution in [0.3, 0.4) is 0 Å². The Hall–Kier alpha value is -0.500. The van der Waals surface area contributed by atoms with Crippen LogP contribution in [0.2, 0.25) is 0 Å². The fraction of sp³-hybridized carbons (Fsp3) is 0.778. The van der Waals surface area contributed by atoms with Crippen molar-refractivity contribution < 1.29 is 4.74 Å². The van der Waals surface area contributed by atoms with Crippen molar-refractivity contribution in [3.63, 3.8) is 0 Å². The van der Waals surface area contributed by atoms with Gasteiger partial charge in [-0.15, -0.1) is 0 Å². The number of ether oxygens (including phenoxy) is 1. The average molecular weight is 155 g/mol. The quantitative estimate of drug-likeness (QED) is 0.622. The Kier molecular flexibility index (Phi) is 2.55. The molecule has 64 valence electrons. The number of nitrogens with one attached hydrogen (secondary N) is 1. The third-order valence-electron chi connectivity index (χ3n) is 2.29. The topological polar surface area (TPSA) is 21.3 Å². The van der Waals surface area contributed by atoms with Gasteiger partial charge < -0.3 is 10.1 Å². The fourth-order valence-electron chi connectivity index (χ4n) is 1.49. The molecule has 0 amide bonds. The van der Waals surface area contributed by atoms with E-state index in [-0.39, 0.29) is 5.60 Å². The number of methoxy groups -OCH3 is 1. The molecule has 0 radical (unpaired) electrons. The Morgan fingerprint density at radius 2 is 2.36 bits per heavy atom. The SMILES string of the molecule is COC1(C)CCNC=C(C)C1. The van der Waals surface area contributed by atoms with Gasteiger partial charge in [0.1, 0.15) is 0 Å². The lowest BCUT2D eigenvalue weighted by atomic mass is 9.95. The van der Waals surface area contributed by atoms with Crippen LogP contribution in [0.5, 0.6) is 0 Å². The summed E-state index contributed by atoms with van der Waals surface area (Å²) in [5.41, 5.74) is 1.41. The van der Waals surface area contributed by atoms with Gasteiger partial charge >= 0.3 is 0 Å². The summed E-state index contributed by atoms with van der Waals surface area (Å²) >= 11 is 0. The average Bonchev–Trinajstić information content (AvgIpc) is 2.13. The summed E-state index contributed by atoms with van der Waals surface area (Å²) in [7, 11) is 1.79. The Balaban J connectivity index is 2.62. The predicted octanol–water partition coefficient (Wildman–Crippen LogP) is 1.68. The Labute approximate surface area is 68.6 Å². The fourth-order valence-corrected chi connectivity index (χ4v) is 1.49. The van der Waals surface area contributed by atoms with E-state index < -0.39 is 0 Å². The van der Waals surface area contributed by atoms with E-state index in [0.717, 1.165) is 19.4 Å². The van der Waals surface area contributed by atoms with Crippen LogP contribution >= 0.6 is 0 Å². The van der Waals surface area contributed by atoms with Crippen molar-refractivity contribution in [1.29, 1.82) is 0 Å². The Morgan fingerprint density at radius 3 is 3.00 bits per heavy atom. The number of hydrogen-bond acceptors (Lipinski definition) is 2. The molecule has 1 atom stereocenters. The molecular formula is C9H17NO. The van der Waals surface area contributed by atoms with Gasteiger partial charge in [0.2, 0.25) is 0 Å². The second kappa shape index (κ2) is 3.26. The van der Waals surface area contributed by atoms with Gasteiger partial charge in [0.25, 0.3) is 0 Å². The lowest BCUT2D eigenvalue weighted by Crippen LogP contribution is -2.29. The van der Waals surface area contributed by atoms with Crippen LogP contribution < -0.4 is 5.32 Å². The normalized spacial score (nSPS) is 32.1. The highest BCUT2D eigenvalue weighted by Crippen LogP contribution is 2.24. The van der Waals surface area contributed by atoms with E-state index in [1.807, 2.05) is 0 Å². The van der Waals surface area contributed by atoms with Gasteiger partial charge in [0, 0.05) is 13.7 Å². The summed E-state index contributed by atoms with van der Waals surface area (Å²) < 4.78 is 5.45. The maximum Gasteiger partial charge on any atom is 0.0704 e. The van der Waals surface area contributed by atoms with E-state index in [1.165, 1.54) is 5.57 Å². The van der Waals surface area contributed by atoms with Crippen LogP contribution in [0.25, 0.3) is 0 Å². The van der Waals surface area contributed by atoms with Crippen molar-refractivity contribution in [2.75, 3.05) is 13.7 Å². The molecular weight excluding hydrogens is 138 g/mol. The summed E-state index contributed by atoms with van der Waals surface area (Å²) in [4.78, 5) is 0. The van der Waals surface area contributed by atoms with Crippen molar-refractivity contribution in [1.82, 2.24) is 5.32 Å². The Morgan fingerprint density at radius 1 is 1.64 bits per heavy atom. The van der Waals surface area contributed by atoms with Gasteiger partial charge in [-0.2, -0.15) is 0 Å². The van der Waals surface area contributed by atoms with E-state index in [2.05, 4.69) is 25.4 Å². The first kappa shape index (κ1) is 8.60. The molecule has 0 aromatic carbocycles. The first-order valence-electron chi connectivity index (χ1n) is 4.10. The van der Waals surface area contributed by atoms with Crippen LogP contribution in [-0.2, 0) is 4.74 Å². The lowest BCUT2D eigenvalue weighted by Gasteiger charge is -2.26. The first-order valence-corrected chi connectivity index (χ1v) is 4.10. The van der Waals surface area contributed by atoms with Crippen LogP contribution in [-0.4, -0.2) is 19.3 Å². The minimum Gasteiger partial charge on any atom is -0.391 e. The van der Waals surface area contributed by atoms with E-state index >= 15 is 0 Å². The third kappa shape index (κ3) is 2.22. The van der Waals surface area contributed by atoms with Gasteiger partial charge in [-0.05, 0) is 32.9 Å². The largest absolute Gasteiger partial charge is 0.391 e. The standard InChI is InChI=1S/C9H17NO/c1-8-6-9(2,11-3)4-5-10-7-8/h7,10H,4-6H2,1-3H3. The van der Waals surface area contributed by atoms with Crippen molar-refractivity contribution >= 4 is 0 Å². The summed E-state index contributed by atoms with van der Waals surface area (Å²) in [5, 5.41) is 3.24. The second-order valence-corrected chi connectivity index (χ2v) is 3.53. The van der Waals surface area contributed by atoms with Crippen LogP contribution in [0.15, 0.2) is 11.8 Å². The molecule has 0 aromatic heterocycles. The minimum atomic E-state index is 0.0457. The molecule has 0 fully saturated rings. The smallest absolute Gasteiger partial charge is 0.0704 e. The summed E-state index contributed by atoms with van der Waals surface area (Å²) in [6.07, 6.45) is 4.21. The van der Waals surface area contributed by atoms with Crippen molar-refractivity contribution in [3.05, 3.63) is 11.8 Å². The highest BCUT2D eigenvalue weighted by atomic mass is 16.5. The molecule has 1 heterocycles. The molecule has 2 heteroatoms. The number of hydrogen-bond donors (Lipinski definition) is 1. The molecule has 0 saturated heterocycles. The molecule has 0 aliphatic carbocycles. The van der Waals surface area contributed by atoms with Crippen LogP contribution in [0.4, 0.5) is 0 Å². The van der Waals surface area contributed by atoms with E-state index in [1.54, 1.807) is 7.11 Å².